The summed E-state index contributed by atoms with van der Waals surface area (Å²) in [6, 6.07) is 23.9. The summed E-state index contributed by atoms with van der Waals surface area (Å²) in [7, 11) is 0. The van der Waals surface area contributed by atoms with Gasteiger partial charge in [0.1, 0.15) is 11.7 Å². The molecule has 2 heterocycles. The summed E-state index contributed by atoms with van der Waals surface area (Å²) < 4.78 is 13.2. The topological polar surface area (TPSA) is 42.0 Å². The molecule has 130 valence electrons. The van der Waals surface area contributed by atoms with Crippen molar-refractivity contribution in [3.05, 3.63) is 95.9 Å². The zero-order valence-electron chi connectivity index (χ0n) is 14.3. The molecule has 4 heteroatoms. The maximum Gasteiger partial charge on any atom is 0.238 e. The van der Waals surface area contributed by atoms with Crippen LogP contribution < -0.4 is 5.32 Å². The van der Waals surface area contributed by atoms with Crippen molar-refractivity contribution in [1.29, 1.82) is 0 Å². The smallest absolute Gasteiger partial charge is 0.238 e. The van der Waals surface area contributed by atoms with Crippen LogP contribution in [0, 0.1) is 5.82 Å². The van der Waals surface area contributed by atoms with Gasteiger partial charge in [0.2, 0.25) is 5.91 Å². The van der Waals surface area contributed by atoms with Crippen LogP contribution in [0.15, 0.2) is 78.9 Å². The van der Waals surface area contributed by atoms with E-state index in [1.807, 2.05) is 54.6 Å². The first-order valence-corrected chi connectivity index (χ1v) is 8.75. The molecule has 0 bridgehead atoms. The van der Waals surface area contributed by atoms with Gasteiger partial charge in [0, 0.05) is 11.1 Å². The first-order chi connectivity index (χ1) is 13.2. The average molecular weight is 354 g/mol. The molecular formula is C23H15FN2O. The Kier molecular flexibility index (Phi) is 3.50. The Morgan fingerprint density at radius 2 is 1.63 bits per heavy atom. The molecule has 0 saturated heterocycles. The number of hydrogen-bond donors (Lipinski definition) is 1. The normalized spacial score (nSPS) is 15.6. The monoisotopic (exact) mass is 354 g/mol. The fourth-order valence-electron chi connectivity index (χ4n) is 3.62. The number of rotatable bonds is 2. The largest absolute Gasteiger partial charge is 0.325 e. The van der Waals surface area contributed by atoms with Crippen LogP contribution in [0.1, 0.15) is 17.2 Å². The summed E-state index contributed by atoms with van der Waals surface area (Å²) in [5, 5.41) is 4.01. The Morgan fingerprint density at radius 3 is 2.48 bits per heavy atom. The van der Waals surface area contributed by atoms with Gasteiger partial charge in [-0.25, -0.2) is 4.39 Å². The number of benzene rings is 3. The number of amides is 1. The molecule has 4 aromatic rings. The molecule has 1 aliphatic heterocycles. The molecule has 0 aliphatic carbocycles. The molecule has 0 saturated carbocycles. The summed E-state index contributed by atoms with van der Waals surface area (Å²) in [4.78, 5) is 17.4. The third-order valence-electron chi connectivity index (χ3n) is 4.98. The maximum atomic E-state index is 13.2. The van der Waals surface area contributed by atoms with Gasteiger partial charge in [-0.05, 0) is 47.0 Å². The van der Waals surface area contributed by atoms with E-state index in [0.29, 0.717) is 0 Å². The first-order valence-electron chi connectivity index (χ1n) is 8.75. The molecule has 0 radical (unpaired) electrons. The second-order valence-electron chi connectivity index (χ2n) is 6.66. The number of aromatic nitrogens is 1. The molecule has 1 N–H and O–H groups in total. The lowest BCUT2D eigenvalue weighted by atomic mass is 9.94. The van der Waals surface area contributed by atoms with E-state index in [9.17, 15) is 9.18 Å². The minimum absolute atomic E-state index is 0.0796. The Bertz CT molecular complexity index is 1180. The minimum atomic E-state index is -0.424. The van der Waals surface area contributed by atoms with Gasteiger partial charge >= 0.3 is 0 Å². The summed E-state index contributed by atoms with van der Waals surface area (Å²) in [6.45, 7) is 0. The van der Waals surface area contributed by atoms with Gasteiger partial charge in [-0.2, -0.15) is 0 Å². The standard InChI is InChI=1S/C23H15FN2O/c24-17-9-5-14(6-10-17)16-7-11-18-21(13-16)26-23(27)22(18)20-12-8-15-3-1-2-4-19(15)25-20/h1-13,22H,(H,26,27). The van der Waals surface area contributed by atoms with E-state index in [0.717, 1.165) is 39.0 Å². The van der Waals surface area contributed by atoms with Gasteiger partial charge in [-0.1, -0.05) is 48.5 Å². The molecule has 5 rings (SSSR count). The van der Waals surface area contributed by atoms with Crippen LogP contribution in [-0.2, 0) is 4.79 Å². The molecule has 0 spiro atoms. The molecule has 3 nitrogen and oxygen atoms in total. The van der Waals surface area contributed by atoms with Gasteiger partial charge in [-0.3, -0.25) is 9.78 Å². The zero-order chi connectivity index (χ0) is 18.4. The summed E-state index contributed by atoms with van der Waals surface area (Å²) in [6.07, 6.45) is 0. The van der Waals surface area contributed by atoms with E-state index in [1.165, 1.54) is 12.1 Å². The van der Waals surface area contributed by atoms with E-state index >= 15 is 0 Å². The fraction of sp³-hybridized carbons (Fsp3) is 0.0435. The number of nitrogens with one attached hydrogen (secondary N) is 1. The fourth-order valence-corrected chi connectivity index (χ4v) is 3.62. The minimum Gasteiger partial charge on any atom is -0.325 e. The number of pyridine rings is 1. The van der Waals surface area contributed by atoms with E-state index in [1.54, 1.807) is 12.1 Å². The van der Waals surface area contributed by atoms with Crippen LogP contribution in [0.2, 0.25) is 0 Å². The van der Waals surface area contributed by atoms with Crippen molar-refractivity contribution in [1.82, 2.24) is 4.98 Å². The predicted molar refractivity (Wildman–Crippen MR) is 104 cm³/mol. The molecule has 1 aliphatic rings. The molecule has 0 fully saturated rings. The lowest BCUT2D eigenvalue weighted by Gasteiger charge is -2.10. The Morgan fingerprint density at radius 1 is 0.852 bits per heavy atom. The Balaban J connectivity index is 1.57. The highest BCUT2D eigenvalue weighted by atomic mass is 19.1. The van der Waals surface area contributed by atoms with E-state index < -0.39 is 5.92 Å². The van der Waals surface area contributed by atoms with Crippen molar-refractivity contribution >= 4 is 22.5 Å². The van der Waals surface area contributed by atoms with Crippen molar-refractivity contribution in [2.45, 2.75) is 5.92 Å². The zero-order valence-corrected chi connectivity index (χ0v) is 14.3. The quantitative estimate of drug-likeness (QED) is 0.542. The second kappa shape index (κ2) is 6.02. The lowest BCUT2D eigenvalue weighted by molar-refractivity contribution is -0.116. The van der Waals surface area contributed by atoms with Crippen LogP contribution in [0.25, 0.3) is 22.0 Å². The number of para-hydroxylation sites is 1. The van der Waals surface area contributed by atoms with Crippen LogP contribution in [-0.4, -0.2) is 10.9 Å². The molecule has 3 aromatic carbocycles. The summed E-state index contributed by atoms with van der Waals surface area (Å²) in [5.74, 6) is -0.772. The number of carbonyl (C=O) groups is 1. The van der Waals surface area contributed by atoms with Crippen LogP contribution in [0.3, 0.4) is 0 Å². The lowest BCUT2D eigenvalue weighted by Crippen LogP contribution is -2.14. The van der Waals surface area contributed by atoms with Crippen molar-refractivity contribution in [2.75, 3.05) is 5.32 Å². The SMILES string of the molecule is O=C1Nc2cc(-c3ccc(F)cc3)ccc2C1c1ccc2ccccc2n1. The summed E-state index contributed by atoms with van der Waals surface area (Å²) in [5.41, 5.74) is 5.14. The third kappa shape index (κ3) is 2.66. The second-order valence-corrected chi connectivity index (χ2v) is 6.66. The highest BCUT2D eigenvalue weighted by molar-refractivity contribution is 6.05. The highest BCUT2D eigenvalue weighted by Crippen LogP contribution is 2.39. The van der Waals surface area contributed by atoms with E-state index in [-0.39, 0.29) is 11.7 Å². The first kappa shape index (κ1) is 15.7. The highest BCUT2D eigenvalue weighted by Gasteiger charge is 2.33. The molecule has 1 unspecified atom stereocenters. The number of anilines is 1. The Hall–Kier alpha value is -3.53. The number of halogens is 1. The van der Waals surface area contributed by atoms with Crippen LogP contribution in [0.5, 0.6) is 0 Å². The maximum absolute atomic E-state index is 13.2. The molecule has 1 aromatic heterocycles. The number of nitrogens with zero attached hydrogens (tertiary/aromatic N) is 1. The van der Waals surface area contributed by atoms with E-state index in [4.69, 9.17) is 4.98 Å². The third-order valence-corrected chi connectivity index (χ3v) is 4.98. The van der Waals surface area contributed by atoms with Gasteiger partial charge in [0.15, 0.2) is 0 Å². The van der Waals surface area contributed by atoms with Crippen molar-refractivity contribution in [2.24, 2.45) is 0 Å². The average Bonchev–Trinajstić information content (AvgIpc) is 3.03. The number of fused-ring (bicyclic) bond motifs is 2. The van der Waals surface area contributed by atoms with Crippen LogP contribution >= 0.6 is 0 Å². The number of carbonyl (C=O) groups excluding carboxylic acids is 1. The van der Waals surface area contributed by atoms with E-state index in [2.05, 4.69) is 5.32 Å². The molecular weight excluding hydrogens is 339 g/mol. The van der Waals surface area contributed by atoms with Gasteiger partial charge in [0.25, 0.3) is 0 Å². The number of hydrogen-bond acceptors (Lipinski definition) is 2. The summed E-state index contributed by atoms with van der Waals surface area (Å²) >= 11 is 0. The Labute approximate surface area is 155 Å². The van der Waals surface area contributed by atoms with Crippen molar-refractivity contribution in [3.63, 3.8) is 0 Å². The van der Waals surface area contributed by atoms with Gasteiger partial charge < -0.3 is 5.32 Å². The van der Waals surface area contributed by atoms with Gasteiger partial charge in [0.05, 0.1) is 11.2 Å². The van der Waals surface area contributed by atoms with Crippen molar-refractivity contribution < 1.29 is 9.18 Å². The molecule has 1 atom stereocenters. The van der Waals surface area contributed by atoms with Crippen LogP contribution in [0.4, 0.5) is 10.1 Å². The molecule has 27 heavy (non-hydrogen) atoms. The predicted octanol–water partition coefficient (Wildman–Crippen LogP) is 5.12. The molecule has 1 amide bonds. The van der Waals surface area contributed by atoms with Gasteiger partial charge in [-0.15, -0.1) is 0 Å². The van der Waals surface area contributed by atoms with Crippen molar-refractivity contribution in [3.8, 4) is 11.1 Å².